The minimum absolute atomic E-state index is 0.478. The summed E-state index contributed by atoms with van der Waals surface area (Å²) in [4.78, 5) is 2.08. The van der Waals surface area contributed by atoms with E-state index in [1.807, 2.05) is 36.4 Å². The maximum atomic E-state index is 8.77. The summed E-state index contributed by atoms with van der Waals surface area (Å²) in [5.74, 6) is 0. The molecule has 2 aromatic rings. The lowest BCUT2D eigenvalue weighted by Gasteiger charge is -2.03. The average Bonchev–Trinajstić information content (AvgIpc) is 2.32. The van der Waals surface area contributed by atoms with Crippen molar-refractivity contribution in [3.63, 3.8) is 0 Å². The van der Waals surface area contributed by atoms with E-state index in [0.717, 1.165) is 9.79 Å². The molecule has 0 aliphatic rings. The number of benzene rings is 2. The van der Waals surface area contributed by atoms with Gasteiger partial charge in [0, 0.05) is 14.8 Å². The fraction of sp³-hybridized carbons (Fsp3) is 0. The Bertz CT molecular complexity index is 573. The quantitative estimate of drug-likeness (QED) is 0.771. The average molecular weight is 280 g/mol. The molecule has 0 heterocycles. The molecule has 0 spiro atoms. The van der Waals surface area contributed by atoms with Crippen LogP contribution in [0.15, 0.2) is 52.3 Å². The minimum Gasteiger partial charge on any atom is -0.192 e. The zero-order chi connectivity index (χ0) is 12.3. The largest absolute Gasteiger partial charge is 0.192 e. The molecule has 17 heavy (non-hydrogen) atoms. The van der Waals surface area contributed by atoms with Crippen molar-refractivity contribution >= 4 is 35.0 Å². The van der Waals surface area contributed by atoms with Crippen LogP contribution in [0.1, 0.15) is 5.56 Å². The SMILES string of the molecule is N#Cc1ccc(Sc2ccc(Cl)cc2)cc1Cl. The van der Waals surface area contributed by atoms with Crippen LogP contribution in [0.4, 0.5) is 0 Å². The molecule has 0 fully saturated rings. The Kier molecular flexibility index (Phi) is 3.96. The lowest BCUT2D eigenvalue weighted by atomic mass is 10.2. The molecule has 2 aromatic carbocycles. The van der Waals surface area contributed by atoms with Gasteiger partial charge >= 0.3 is 0 Å². The summed E-state index contributed by atoms with van der Waals surface area (Å²) in [7, 11) is 0. The standard InChI is InChI=1S/C13H7Cl2NS/c14-10-2-5-11(6-3-10)17-12-4-1-9(8-16)13(15)7-12/h1-7H. The van der Waals surface area contributed by atoms with Crippen LogP contribution >= 0.6 is 35.0 Å². The first kappa shape index (κ1) is 12.3. The van der Waals surface area contributed by atoms with Crippen LogP contribution in [0.25, 0.3) is 0 Å². The highest BCUT2D eigenvalue weighted by molar-refractivity contribution is 7.99. The molecule has 0 atom stereocenters. The van der Waals surface area contributed by atoms with Crippen molar-refractivity contribution < 1.29 is 0 Å². The second-order valence-corrected chi connectivity index (χ2v) is 5.30. The van der Waals surface area contributed by atoms with Crippen molar-refractivity contribution in [2.45, 2.75) is 9.79 Å². The molecule has 84 valence electrons. The van der Waals surface area contributed by atoms with Crippen LogP contribution < -0.4 is 0 Å². The third kappa shape index (κ3) is 3.17. The maximum absolute atomic E-state index is 8.77. The monoisotopic (exact) mass is 279 g/mol. The summed E-state index contributed by atoms with van der Waals surface area (Å²) in [6.45, 7) is 0. The van der Waals surface area contributed by atoms with Crippen molar-refractivity contribution in [1.29, 1.82) is 5.26 Å². The van der Waals surface area contributed by atoms with Crippen LogP contribution in [-0.4, -0.2) is 0 Å². The first-order valence-corrected chi connectivity index (χ1v) is 6.39. The molecule has 2 rings (SSSR count). The van der Waals surface area contributed by atoms with Gasteiger partial charge in [0.2, 0.25) is 0 Å². The Hall–Kier alpha value is -1.14. The number of halogens is 2. The Morgan fingerprint density at radius 2 is 1.59 bits per heavy atom. The summed E-state index contributed by atoms with van der Waals surface area (Å²) in [6.07, 6.45) is 0. The lowest BCUT2D eigenvalue weighted by molar-refractivity contribution is 1.39. The molecule has 1 nitrogen and oxygen atoms in total. The van der Waals surface area contributed by atoms with Gasteiger partial charge in [-0.1, -0.05) is 35.0 Å². The Morgan fingerprint density at radius 1 is 0.941 bits per heavy atom. The highest BCUT2D eigenvalue weighted by Gasteiger charge is 2.02. The fourth-order valence-electron chi connectivity index (χ4n) is 1.29. The van der Waals surface area contributed by atoms with Crippen LogP contribution in [0.3, 0.4) is 0 Å². The molecule has 0 N–H and O–H groups in total. The van der Waals surface area contributed by atoms with E-state index in [-0.39, 0.29) is 0 Å². The van der Waals surface area contributed by atoms with E-state index < -0.39 is 0 Å². The molecule has 0 aromatic heterocycles. The predicted molar refractivity (Wildman–Crippen MR) is 71.7 cm³/mol. The van der Waals surface area contributed by atoms with Gasteiger partial charge in [-0.25, -0.2) is 0 Å². The lowest BCUT2D eigenvalue weighted by Crippen LogP contribution is -1.79. The van der Waals surface area contributed by atoms with Crippen LogP contribution in [0, 0.1) is 11.3 Å². The summed E-state index contributed by atoms with van der Waals surface area (Å²) >= 11 is 13.4. The van der Waals surface area contributed by atoms with Crippen molar-refractivity contribution in [1.82, 2.24) is 0 Å². The molecule has 0 aliphatic carbocycles. The topological polar surface area (TPSA) is 23.8 Å². The molecule has 0 unspecified atom stereocenters. The van der Waals surface area contributed by atoms with Crippen molar-refractivity contribution in [2.75, 3.05) is 0 Å². The van der Waals surface area contributed by atoms with E-state index in [2.05, 4.69) is 0 Å². The first-order valence-electron chi connectivity index (χ1n) is 4.82. The number of hydrogen-bond donors (Lipinski definition) is 0. The van der Waals surface area contributed by atoms with Gasteiger partial charge in [-0.05, 0) is 42.5 Å². The Morgan fingerprint density at radius 3 is 2.18 bits per heavy atom. The van der Waals surface area contributed by atoms with E-state index >= 15 is 0 Å². The summed E-state index contributed by atoms with van der Waals surface area (Å²) in [5, 5.41) is 9.97. The number of rotatable bonds is 2. The molecule has 0 bridgehead atoms. The zero-order valence-corrected chi connectivity index (χ0v) is 11.0. The van der Waals surface area contributed by atoms with Crippen LogP contribution in [-0.2, 0) is 0 Å². The van der Waals surface area contributed by atoms with Crippen molar-refractivity contribution in [2.24, 2.45) is 0 Å². The molecule has 0 saturated carbocycles. The zero-order valence-electron chi connectivity index (χ0n) is 8.65. The third-order valence-corrected chi connectivity index (χ3v) is 3.67. The van der Waals surface area contributed by atoms with Crippen molar-refractivity contribution in [3.8, 4) is 6.07 Å². The van der Waals surface area contributed by atoms with Gasteiger partial charge in [-0.15, -0.1) is 0 Å². The van der Waals surface area contributed by atoms with E-state index in [1.54, 1.807) is 23.9 Å². The highest BCUT2D eigenvalue weighted by Crippen LogP contribution is 2.31. The molecular weight excluding hydrogens is 273 g/mol. The van der Waals surface area contributed by atoms with E-state index in [9.17, 15) is 0 Å². The van der Waals surface area contributed by atoms with E-state index in [4.69, 9.17) is 28.5 Å². The van der Waals surface area contributed by atoms with Gasteiger partial charge in [0.05, 0.1) is 10.6 Å². The van der Waals surface area contributed by atoms with Crippen LogP contribution in [0.2, 0.25) is 10.0 Å². The van der Waals surface area contributed by atoms with Gasteiger partial charge in [0.1, 0.15) is 6.07 Å². The second kappa shape index (κ2) is 5.46. The maximum Gasteiger partial charge on any atom is 0.101 e. The van der Waals surface area contributed by atoms with Crippen molar-refractivity contribution in [3.05, 3.63) is 58.1 Å². The third-order valence-electron chi connectivity index (χ3n) is 2.11. The Labute approximate surface area is 114 Å². The Balaban J connectivity index is 2.22. The number of nitrogens with zero attached hydrogens (tertiary/aromatic N) is 1. The van der Waals surface area contributed by atoms with Gasteiger partial charge < -0.3 is 0 Å². The highest BCUT2D eigenvalue weighted by atomic mass is 35.5. The fourth-order valence-corrected chi connectivity index (χ4v) is 2.56. The molecule has 0 aliphatic heterocycles. The molecule has 0 radical (unpaired) electrons. The smallest absolute Gasteiger partial charge is 0.101 e. The second-order valence-electron chi connectivity index (χ2n) is 3.31. The molecule has 0 saturated heterocycles. The number of nitriles is 1. The minimum atomic E-state index is 0.478. The first-order chi connectivity index (χ1) is 8.19. The van der Waals surface area contributed by atoms with Gasteiger partial charge in [-0.3, -0.25) is 0 Å². The van der Waals surface area contributed by atoms with Crippen LogP contribution in [0.5, 0.6) is 0 Å². The summed E-state index contributed by atoms with van der Waals surface area (Å²) < 4.78 is 0. The predicted octanol–water partition coefficient (Wildman–Crippen LogP) is 5.02. The molecule has 0 amide bonds. The van der Waals surface area contributed by atoms with Gasteiger partial charge in [0.25, 0.3) is 0 Å². The van der Waals surface area contributed by atoms with Gasteiger partial charge in [-0.2, -0.15) is 5.26 Å². The number of hydrogen-bond acceptors (Lipinski definition) is 2. The summed E-state index contributed by atoms with van der Waals surface area (Å²) in [6, 6.07) is 15.0. The van der Waals surface area contributed by atoms with Gasteiger partial charge in [0.15, 0.2) is 0 Å². The molecular formula is C13H7Cl2NS. The van der Waals surface area contributed by atoms with E-state index in [1.165, 1.54) is 0 Å². The summed E-state index contributed by atoms with van der Waals surface area (Å²) in [5.41, 5.74) is 0.493. The molecule has 4 heteroatoms. The van der Waals surface area contributed by atoms with E-state index in [0.29, 0.717) is 15.6 Å². The normalized spacial score (nSPS) is 9.94.